The number of nitrogens with zero attached hydrogens (tertiary/aromatic N) is 2. The number of hydrogen-bond donors (Lipinski definition) is 0. The first-order valence-corrected chi connectivity index (χ1v) is 5.03. The maximum atomic E-state index is 11.6. The maximum Gasteiger partial charge on any atom is 0.237 e. The SMILES string of the molecule is COc1ncc(C)cc1N1CCCC1=O. The fourth-order valence-electron chi connectivity index (χ4n) is 1.79. The average Bonchev–Trinajstić information content (AvgIpc) is 2.64. The lowest BCUT2D eigenvalue weighted by molar-refractivity contribution is -0.117. The van der Waals surface area contributed by atoms with E-state index in [1.165, 1.54) is 0 Å². The molecule has 1 aliphatic heterocycles. The summed E-state index contributed by atoms with van der Waals surface area (Å²) in [6.07, 6.45) is 3.27. The fraction of sp³-hybridized carbons (Fsp3) is 0.455. The predicted molar refractivity (Wildman–Crippen MR) is 57.1 cm³/mol. The molecule has 0 spiro atoms. The summed E-state index contributed by atoms with van der Waals surface area (Å²) in [5.74, 6) is 0.677. The number of methoxy groups -OCH3 is 1. The van der Waals surface area contributed by atoms with Crippen LogP contribution in [0.15, 0.2) is 12.3 Å². The quantitative estimate of drug-likeness (QED) is 0.736. The fourth-order valence-corrected chi connectivity index (χ4v) is 1.79. The van der Waals surface area contributed by atoms with Gasteiger partial charge in [0, 0.05) is 19.2 Å². The molecule has 4 nitrogen and oxygen atoms in total. The van der Waals surface area contributed by atoms with Crippen LogP contribution in [0.5, 0.6) is 5.88 Å². The van der Waals surface area contributed by atoms with Crippen molar-refractivity contribution in [2.45, 2.75) is 19.8 Å². The highest BCUT2D eigenvalue weighted by molar-refractivity contribution is 5.96. The summed E-state index contributed by atoms with van der Waals surface area (Å²) >= 11 is 0. The Bertz CT molecular complexity index is 390. The van der Waals surface area contributed by atoms with E-state index in [2.05, 4.69) is 4.98 Å². The van der Waals surface area contributed by atoms with Crippen molar-refractivity contribution < 1.29 is 9.53 Å². The van der Waals surface area contributed by atoms with Gasteiger partial charge in [-0.3, -0.25) is 4.79 Å². The molecule has 15 heavy (non-hydrogen) atoms. The standard InChI is InChI=1S/C11H14N2O2/c1-8-6-9(11(15-2)12-7-8)13-5-3-4-10(13)14/h6-7H,3-5H2,1-2H3. The Balaban J connectivity index is 2.40. The first kappa shape index (κ1) is 9.96. The van der Waals surface area contributed by atoms with Gasteiger partial charge in [0.05, 0.1) is 7.11 Å². The topological polar surface area (TPSA) is 42.4 Å². The van der Waals surface area contributed by atoms with Gasteiger partial charge in [-0.2, -0.15) is 0 Å². The molecule has 1 aromatic rings. The third-order valence-corrected chi connectivity index (χ3v) is 2.53. The minimum Gasteiger partial charge on any atom is -0.480 e. The molecule has 0 aromatic carbocycles. The van der Waals surface area contributed by atoms with Gasteiger partial charge < -0.3 is 9.64 Å². The molecule has 0 N–H and O–H groups in total. The lowest BCUT2D eigenvalue weighted by atomic mass is 10.2. The summed E-state index contributed by atoms with van der Waals surface area (Å²) in [6, 6.07) is 1.94. The number of carbonyl (C=O) groups excluding carboxylic acids is 1. The number of rotatable bonds is 2. The summed E-state index contributed by atoms with van der Waals surface area (Å²) in [5.41, 5.74) is 1.82. The van der Waals surface area contributed by atoms with E-state index in [4.69, 9.17) is 4.74 Å². The molecule has 0 aliphatic carbocycles. The van der Waals surface area contributed by atoms with Crippen molar-refractivity contribution in [3.63, 3.8) is 0 Å². The monoisotopic (exact) mass is 206 g/mol. The van der Waals surface area contributed by atoms with E-state index in [0.29, 0.717) is 12.3 Å². The lowest BCUT2D eigenvalue weighted by Crippen LogP contribution is -2.24. The first-order chi connectivity index (χ1) is 7.22. The van der Waals surface area contributed by atoms with Crippen LogP contribution in [0.1, 0.15) is 18.4 Å². The Kier molecular flexibility index (Phi) is 2.58. The highest BCUT2D eigenvalue weighted by Crippen LogP contribution is 2.29. The van der Waals surface area contributed by atoms with E-state index in [0.717, 1.165) is 24.2 Å². The van der Waals surface area contributed by atoms with E-state index in [9.17, 15) is 4.79 Å². The third kappa shape index (κ3) is 1.79. The number of carbonyl (C=O) groups is 1. The van der Waals surface area contributed by atoms with E-state index < -0.39 is 0 Å². The normalized spacial score (nSPS) is 15.9. The molecule has 1 aromatic heterocycles. The second-order valence-electron chi connectivity index (χ2n) is 3.69. The van der Waals surface area contributed by atoms with E-state index >= 15 is 0 Å². The zero-order valence-corrected chi connectivity index (χ0v) is 8.99. The Hall–Kier alpha value is -1.58. The highest BCUT2D eigenvalue weighted by atomic mass is 16.5. The molecule has 1 amide bonds. The molecule has 80 valence electrons. The molecule has 0 radical (unpaired) electrons. The summed E-state index contributed by atoms with van der Waals surface area (Å²) in [4.78, 5) is 17.5. The first-order valence-electron chi connectivity index (χ1n) is 5.03. The second-order valence-corrected chi connectivity index (χ2v) is 3.69. The number of anilines is 1. The Morgan fingerprint density at radius 3 is 2.93 bits per heavy atom. The van der Waals surface area contributed by atoms with Crippen molar-refractivity contribution in [1.29, 1.82) is 0 Å². The number of amides is 1. The van der Waals surface area contributed by atoms with Crippen LogP contribution in [-0.4, -0.2) is 24.5 Å². The summed E-state index contributed by atoms with van der Waals surface area (Å²) < 4.78 is 5.16. The van der Waals surface area contributed by atoms with Crippen LogP contribution in [0.4, 0.5) is 5.69 Å². The number of hydrogen-bond acceptors (Lipinski definition) is 3. The van der Waals surface area contributed by atoms with Crippen LogP contribution in [-0.2, 0) is 4.79 Å². The Labute approximate surface area is 88.9 Å². The number of aromatic nitrogens is 1. The highest BCUT2D eigenvalue weighted by Gasteiger charge is 2.24. The van der Waals surface area contributed by atoms with Crippen LogP contribution in [0.25, 0.3) is 0 Å². The molecule has 0 saturated carbocycles. The van der Waals surface area contributed by atoms with E-state index in [1.54, 1.807) is 18.2 Å². The molecular weight excluding hydrogens is 192 g/mol. The van der Waals surface area contributed by atoms with E-state index in [1.807, 2.05) is 13.0 Å². The van der Waals surface area contributed by atoms with Crippen LogP contribution in [0.2, 0.25) is 0 Å². The van der Waals surface area contributed by atoms with Crippen LogP contribution in [0, 0.1) is 6.92 Å². The van der Waals surface area contributed by atoms with Gasteiger partial charge in [0.15, 0.2) is 0 Å². The molecule has 1 aliphatic rings. The predicted octanol–water partition coefficient (Wildman–Crippen LogP) is 1.53. The van der Waals surface area contributed by atoms with Gasteiger partial charge in [-0.15, -0.1) is 0 Å². The van der Waals surface area contributed by atoms with E-state index in [-0.39, 0.29) is 5.91 Å². The lowest BCUT2D eigenvalue weighted by Gasteiger charge is -2.18. The van der Waals surface area contributed by atoms with Gasteiger partial charge >= 0.3 is 0 Å². The van der Waals surface area contributed by atoms with Crippen molar-refractivity contribution in [2.75, 3.05) is 18.6 Å². The zero-order valence-electron chi connectivity index (χ0n) is 8.99. The van der Waals surface area contributed by atoms with Crippen molar-refractivity contribution in [3.05, 3.63) is 17.8 Å². The summed E-state index contributed by atoms with van der Waals surface area (Å²) in [7, 11) is 1.57. The molecule has 1 fully saturated rings. The second kappa shape index (κ2) is 3.88. The maximum absolute atomic E-state index is 11.6. The molecule has 0 unspecified atom stereocenters. The van der Waals surface area contributed by atoms with Gasteiger partial charge in [-0.05, 0) is 25.0 Å². The smallest absolute Gasteiger partial charge is 0.237 e. The van der Waals surface area contributed by atoms with Gasteiger partial charge in [-0.1, -0.05) is 0 Å². The number of ether oxygens (including phenoxy) is 1. The third-order valence-electron chi connectivity index (χ3n) is 2.53. The zero-order chi connectivity index (χ0) is 10.8. The largest absolute Gasteiger partial charge is 0.480 e. The van der Waals surface area contributed by atoms with Gasteiger partial charge in [0.25, 0.3) is 0 Å². The Morgan fingerprint density at radius 1 is 1.53 bits per heavy atom. The van der Waals surface area contributed by atoms with Crippen molar-refractivity contribution >= 4 is 11.6 Å². The Morgan fingerprint density at radius 2 is 2.33 bits per heavy atom. The minimum absolute atomic E-state index is 0.153. The van der Waals surface area contributed by atoms with Gasteiger partial charge in [-0.25, -0.2) is 4.98 Å². The average molecular weight is 206 g/mol. The van der Waals surface area contributed by atoms with Crippen molar-refractivity contribution in [1.82, 2.24) is 4.98 Å². The number of pyridine rings is 1. The summed E-state index contributed by atoms with van der Waals surface area (Å²) in [6.45, 7) is 2.72. The molecular formula is C11H14N2O2. The van der Waals surface area contributed by atoms with Crippen LogP contribution in [0.3, 0.4) is 0 Å². The molecule has 2 heterocycles. The molecule has 0 atom stereocenters. The van der Waals surface area contributed by atoms with Crippen molar-refractivity contribution in [2.24, 2.45) is 0 Å². The van der Waals surface area contributed by atoms with Crippen LogP contribution >= 0.6 is 0 Å². The minimum atomic E-state index is 0.153. The molecule has 2 rings (SSSR count). The number of aryl methyl sites for hydroxylation is 1. The van der Waals surface area contributed by atoms with Gasteiger partial charge in [0.1, 0.15) is 5.69 Å². The van der Waals surface area contributed by atoms with Crippen molar-refractivity contribution in [3.8, 4) is 5.88 Å². The molecule has 0 bridgehead atoms. The summed E-state index contributed by atoms with van der Waals surface area (Å²) in [5, 5.41) is 0. The van der Waals surface area contributed by atoms with Gasteiger partial charge in [0.2, 0.25) is 11.8 Å². The van der Waals surface area contributed by atoms with Crippen LogP contribution < -0.4 is 9.64 Å². The molecule has 1 saturated heterocycles. The molecule has 4 heteroatoms.